The number of amides is 1. The van der Waals surface area contributed by atoms with Gasteiger partial charge in [-0.15, -0.1) is 0 Å². The number of halogens is 3. The Labute approximate surface area is 149 Å². The summed E-state index contributed by atoms with van der Waals surface area (Å²) >= 11 is 9.98. The monoisotopic (exact) mass is 399 g/mol. The Morgan fingerprint density at radius 1 is 1.30 bits per heavy atom. The first-order chi connectivity index (χ1) is 10.8. The van der Waals surface area contributed by atoms with Gasteiger partial charge in [0.2, 0.25) is 5.91 Å². The first kappa shape index (κ1) is 15.9. The summed E-state index contributed by atoms with van der Waals surface area (Å²) < 4.78 is 13.4. The average molecular weight is 401 g/mol. The molecule has 4 fully saturated rings. The molecule has 5 heteroatoms. The predicted molar refractivity (Wildman–Crippen MR) is 93.4 cm³/mol. The van der Waals surface area contributed by atoms with Crippen LogP contribution in [0.4, 0.5) is 10.1 Å². The topological polar surface area (TPSA) is 29.1 Å². The highest BCUT2D eigenvalue weighted by Crippen LogP contribution is 2.65. The van der Waals surface area contributed by atoms with Crippen molar-refractivity contribution < 1.29 is 9.18 Å². The normalized spacial score (nSPS) is 37.9. The SMILES string of the molecule is O=C(CC12CC3CC(CC(Br)(C3)C1)C2)Nc1ccc(F)cc1Cl. The van der Waals surface area contributed by atoms with Crippen LogP contribution in [-0.2, 0) is 4.79 Å². The third-order valence-electron chi connectivity index (χ3n) is 5.85. The summed E-state index contributed by atoms with van der Waals surface area (Å²) in [4.78, 5) is 12.6. The summed E-state index contributed by atoms with van der Waals surface area (Å²) in [6.07, 6.45) is 7.83. The molecule has 0 heterocycles. The van der Waals surface area contributed by atoms with E-state index in [9.17, 15) is 9.18 Å². The minimum Gasteiger partial charge on any atom is -0.325 e. The van der Waals surface area contributed by atoms with E-state index in [4.69, 9.17) is 11.6 Å². The second-order valence-electron chi connectivity index (χ2n) is 7.96. The van der Waals surface area contributed by atoms with Crippen LogP contribution < -0.4 is 5.32 Å². The van der Waals surface area contributed by atoms with Gasteiger partial charge in [0.05, 0.1) is 10.7 Å². The molecule has 5 rings (SSSR count). The number of nitrogens with one attached hydrogen (secondary N) is 1. The molecule has 1 aromatic rings. The van der Waals surface area contributed by atoms with Crippen LogP contribution in [0.1, 0.15) is 44.9 Å². The number of carbonyl (C=O) groups is 1. The molecule has 1 aromatic carbocycles. The maximum atomic E-state index is 13.1. The number of hydrogen-bond donors (Lipinski definition) is 1. The number of hydrogen-bond acceptors (Lipinski definition) is 1. The molecule has 1 amide bonds. The van der Waals surface area contributed by atoms with Crippen molar-refractivity contribution in [2.45, 2.75) is 49.3 Å². The molecule has 4 bridgehead atoms. The van der Waals surface area contributed by atoms with Crippen molar-refractivity contribution in [1.82, 2.24) is 0 Å². The van der Waals surface area contributed by atoms with Crippen molar-refractivity contribution in [2.75, 3.05) is 5.32 Å². The lowest BCUT2D eigenvalue weighted by molar-refractivity contribution is -0.123. The van der Waals surface area contributed by atoms with E-state index in [-0.39, 0.29) is 20.7 Å². The minimum atomic E-state index is -0.393. The summed E-state index contributed by atoms with van der Waals surface area (Å²) in [5, 5.41) is 3.12. The first-order valence-corrected chi connectivity index (χ1v) is 9.46. The van der Waals surface area contributed by atoms with E-state index in [0.29, 0.717) is 12.1 Å². The van der Waals surface area contributed by atoms with Crippen molar-refractivity contribution in [1.29, 1.82) is 0 Å². The third kappa shape index (κ3) is 3.05. The standard InChI is InChI=1S/C18H20BrClFNO/c19-18-7-11-3-12(8-18)6-17(5-11,10-18)9-16(23)22-15-2-1-13(21)4-14(15)20/h1-2,4,11-12H,3,5-10H2,(H,22,23). The van der Waals surface area contributed by atoms with Crippen LogP contribution in [0.5, 0.6) is 0 Å². The highest BCUT2D eigenvalue weighted by Gasteiger charge is 2.57. The van der Waals surface area contributed by atoms with Gasteiger partial charge in [-0.05, 0) is 74.0 Å². The number of rotatable bonds is 3. The van der Waals surface area contributed by atoms with E-state index >= 15 is 0 Å². The number of anilines is 1. The van der Waals surface area contributed by atoms with Crippen molar-refractivity contribution >= 4 is 39.1 Å². The van der Waals surface area contributed by atoms with Gasteiger partial charge in [0.1, 0.15) is 5.82 Å². The molecule has 0 aromatic heterocycles. The van der Waals surface area contributed by atoms with Crippen LogP contribution >= 0.6 is 27.5 Å². The lowest BCUT2D eigenvalue weighted by Gasteiger charge is -2.60. The van der Waals surface area contributed by atoms with Crippen molar-refractivity contribution in [3.05, 3.63) is 29.0 Å². The average Bonchev–Trinajstić information content (AvgIpc) is 2.38. The molecule has 0 aliphatic heterocycles. The second kappa shape index (κ2) is 5.45. The molecule has 4 aliphatic rings. The van der Waals surface area contributed by atoms with E-state index in [1.165, 1.54) is 50.3 Å². The zero-order valence-electron chi connectivity index (χ0n) is 12.9. The van der Waals surface area contributed by atoms with Crippen LogP contribution in [0.15, 0.2) is 18.2 Å². The molecule has 1 N–H and O–H groups in total. The zero-order chi connectivity index (χ0) is 16.2. The molecule has 124 valence electrons. The van der Waals surface area contributed by atoms with E-state index in [1.54, 1.807) is 0 Å². The van der Waals surface area contributed by atoms with E-state index in [1.807, 2.05) is 0 Å². The molecule has 2 atom stereocenters. The molecule has 4 saturated carbocycles. The maximum absolute atomic E-state index is 13.1. The van der Waals surface area contributed by atoms with Crippen LogP contribution in [-0.4, -0.2) is 10.2 Å². The number of alkyl halides is 1. The van der Waals surface area contributed by atoms with Gasteiger partial charge in [0.15, 0.2) is 0 Å². The Hall–Kier alpha value is -0.610. The Bertz CT molecular complexity index is 650. The summed E-state index contributed by atoms with van der Waals surface area (Å²) in [7, 11) is 0. The summed E-state index contributed by atoms with van der Waals surface area (Å²) in [6.45, 7) is 0. The first-order valence-electron chi connectivity index (χ1n) is 8.29. The minimum absolute atomic E-state index is 0.00319. The summed E-state index contributed by atoms with van der Waals surface area (Å²) in [5.41, 5.74) is 0.626. The molecule has 4 aliphatic carbocycles. The quantitative estimate of drug-likeness (QED) is 0.663. The van der Waals surface area contributed by atoms with Gasteiger partial charge < -0.3 is 5.32 Å². The maximum Gasteiger partial charge on any atom is 0.224 e. The fourth-order valence-corrected chi connectivity index (χ4v) is 7.39. The second-order valence-corrected chi connectivity index (χ2v) is 10.1. The Kier molecular flexibility index (Phi) is 3.77. The highest BCUT2D eigenvalue weighted by atomic mass is 79.9. The van der Waals surface area contributed by atoms with Gasteiger partial charge >= 0.3 is 0 Å². The molecule has 0 radical (unpaired) electrons. The lowest BCUT2D eigenvalue weighted by atomic mass is 9.48. The fourth-order valence-electron chi connectivity index (χ4n) is 5.67. The summed E-state index contributed by atoms with van der Waals surface area (Å²) in [6, 6.07) is 4.08. The van der Waals surface area contributed by atoms with Crippen molar-refractivity contribution in [3.63, 3.8) is 0 Å². The Balaban J connectivity index is 1.48. The molecule has 23 heavy (non-hydrogen) atoms. The van der Waals surface area contributed by atoms with E-state index in [2.05, 4.69) is 21.2 Å². The Morgan fingerprint density at radius 3 is 2.61 bits per heavy atom. The molecule has 2 nitrogen and oxygen atoms in total. The van der Waals surface area contributed by atoms with Crippen molar-refractivity contribution in [2.24, 2.45) is 17.3 Å². The lowest BCUT2D eigenvalue weighted by Crippen LogP contribution is -2.53. The highest BCUT2D eigenvalue weighted by molar-refractivity contribution is 9.10. The largest absolute Gasteiger partial charge is 0.325 e. The summed E-state index contributed by atoms with van der Waals surface area (Å²) in [5.74, 6) is 1.13. The van der Waals surface area contributed by atoms with E-state index < -0.39 is 5.82 Å². The van der Waals surface area contributed by atoms with Gasteiger partial charge in [-0.3, -0.25) is 4.79 Å². The van der Waals surface area contributed by atoms with Gasteiger partial charge in [-0.25, -0.2) is 4.39 Å². The fraction of sp³-hybridized carbons (Fsp3) is 0.611. The zero-order valence-corrected chi connectivity index (χ0v) is 15.2. The molecule has 0 spiro atoms. The van der Waals surface area contributed by atoms with Gasteiger partial charge in [0, 0.05) is 10.7 Å². The molecular formula is C18H20BrClFNO. The third-order valence-corrected chi connectivity index (χ3v) is 7.09. The van der Waals surface area contributed by atoms with Gasteiger partial charge in [0.25, 0.3) is 0 Å². The van der Waals surface area contributed by atoms with E-state index in [0.717, 1.165) is 18.3 Å². The number of carbonyl (C=O) groups excluding carboxylic acids is 1. The smallest absolute Gasteiger partial charge is 0.224 e. The molecular weight excluding hydrogens is 381 g/mol. The van der Waals surface area contributed by atoms with Gasteiger partial charge in [-0.1, -0.05) is 27.5 Å². The van der Waals surface area contributed by atoms with Gasteiger partial charge in [-0.2, -0.15) is 0 Å². The molecule has 2 unspecified atom stereocenters. The molecule has 0 saturated heterocycles. The van der Waals surface area contributed by atoms with Crippen LogP contribution in [0.25, 0.3) is 0 Å². The predicted octanol–water partition coefficient (Wildman–Crippen LogP) is 5.54. The number of benzene rings is 1. The van der Waals surface area contributed by atoms with Crippen LogP contribution in [0.3, 0.4) is 0 Å². The van der Waals surface area contributed by atoms with Crippen LogP contribution in [0.2, 0.25) is 5.02 Å². The van der Waals surface area contributed by atoms with Crippen molar-refractivity contribution in [3.8, 4) is 0 Å². The van der Waals surface area contributed by atoms with Crippen LogP contribution in [0, 0.1) is 23.1 Å². The Morgan fingerprint density at radius 2 is 2.00 bits per heavy atom.